The minimum absolute atomic E-state index is 0.0127. The molecule has 2 aliphatic heterocycles. The Bertz CT molecular complexity index is 947. The highest BCUT2D eigenvalue weighted by Gasteiger charge is 2.27. The summed E-state index contributed by atoms with van der Waals surface area (Å²) in [5, 5.41) is 2.83. The van der Waals surface area contributed by atoms with E-state index in [1.807, 2.05) is 6.07 Å². The van der Waals surface area contributed by atoms with Crippen LogP contribution in [0.15, 0.2) is 36.4 Å². The van der Waals surface area contributed by atoms with Crippen LogP contribution in [-0.4, -0.2) is 38.1 Å². The van der Waals surface area contributed by atoms with E-state index < -0.39 is 0 Å². The summed E-state index contributed by atoms with van der Waals surface area (Å²) in [5.74, 6) is 0.132. The second-order valence-corrected chi connectivity index (χ2v) is 7.32. The van der Waals surface area contributed by atoms with E-state index in [0.717, 1.165) is 29.9 Å². The SMILES string of the molecule is CCCN1CCN(C(=O)COc2ccc3c(c2)CCC(=O)N3)c2ccc(F)cc21. The quantitative estimate of drug-likeness (QED) is 0.841. The normalized spacial score (nSPS) is 15.4. The van der Waals surface area contributed by atoms with E-state index in [2.05, 4.69) is 17.1 Å². The van der Waals surface area contributed by atoms with E-state index >= 15 is 0 Å². The molecule has 1 N–H and O–H groups in total. The molecule has 0 saturated heterocycles. The number of carbonyl (C=O) groups excluding carboxylic acids is 2. The van der Waals surface area contributed by atoms with Gasteiger partial charge in [0.05, 0.1) is 11.4 Å². The fourth-order valence-electron chi connectivity index (χ4n) is 3.87. The third-order valence-corrected chi connectivity index (χ3v) is 5.29. The fraction of sp³-hybridized carbons (Fsp3) is 0.364. The molecule has 0 fully saturated rings. The smallest absolute Gasteiger partial charge is 0.265 e. The lowest BCUT2D eigenvalue weighted by molar-refractivity contribution is -0.120. The number of ether oxygens (including phenoxy) is 1. The van der Waals surface area contributed by atoms with Gasteiger partial charge in [0.2, 0.25) is 5.91 Å². The maximum absolute atomic E-state index is 13.8. The Kier molecular flexibility index (Phi) is 5.38. The summed E-state index contributed by atoms with van der Waals surface area (Å²) in [7, 11) is 0. The number of carbonyl (C=O) groups is 2. The molecule has 2 aliphatic rings. The molecular weight excluding hydrogens is 373 g/mol. The molecule has 0 bridgehead atoms. The molecule has 0 aliphatic carbocycles. The standard InChI is InChI=1S/C22H24FN3O3/c1-2-9-25-10-11-26(19-7-4-16(23)13-20(19)25)22(28)14-29-17-5-6-18-15(12-17)3-8-21(27)24-18/h4-7,12-13H,2-3,8-11,14H2,1H3,(H,24,27). The highest BCUT2D eigenvalue weighted by atomic mass is 19.1. The summed E-state index contributed by atoms with van der Waals surface area (Å²) in [5.41, 5.74) is 3.26. The van der Waals surface area contributed by atoms with Crippen molar-refractivity contribution >= 4 is 28.9 Å². The van der Waals surface area contributed by atoms with Crippen LogP contribution in [0.2, 0.25) is 0 Å². The molecule has 0 spiro atoms. The number of hydrogen-bond acceptors (Lipinski definition) is 4. The number of benzene rings is 2. The van der Waals surface area contributed by atoms with E-state index in [4.69, 9.17) is 4.74 Å². The summed E-state index contributed by atoms with van der Waals surface area (Å²) in [6.45, 7) is 4.00. The van der Waals surface area contributed by atoms with E-state index in [-0.39, 0.29) is 24.2 Å². The Morgan fingerprint density at radius 1 is 1.14 bits per heavy atom. The van der Waals surface area contributed by atoms with Gasteiger partial charge >= 0.3 is 0 Å². The van der Waals surface area contributed by atoms with Gasteiger partial charge in [-0.1, -0.05) is 6.92 Å². The monoisotopic (exact) mass is 397 g/mol. The highest BCUT2D eigenvalue weighted by Crippen LogP contribution is 2.34. The van der Waals surface area contributed by atoms with Gasteiger partial charge in [0.15, 0.2) is 6.61 Å². The van der Waals surface area contributed by atoms with Crippen molar-refractivity contribution in [1.82, 2.24) is 0 Å². The van der Waals surface area contributed by atoms with Crippen molar-refractivity contribution in [2.75, 3.05) is 41.4 Å². The summed E-state index contributed by atoms with van der Waals surface area (Å²) in [6, 6.07) is 9.95. The molecule has 0 aromatic heterocycles. The first kappa shape index (κ1) is 19.2. The molecule has 2 aromatic carbocycles. The van der Waals surface area contributed by atoms with Crippen molar-refractivity contribution in [2.24, 2.45) is 0 Å². The third kappa shape index (κ3) is 4.04. The van der Waals surface area contributed by atoms with Crippen molar-refractivity contribution in [2.45, 2.75) is 26.2 Å². The lowest BCUT2D eigenvalue weighted by Crippen LogP contribution is -2.46. The molecule has 0 atom stereocenters. The summed E-state index contributed by atoms with van der Waals surface area (Å²) in [4.78, 5) is 28.1. The van der Waals surface area contributed by atoms with Gasteiger partial charge in [-0.2, -0.15) is 0 Å². The van der Waals surface area contributed by atoms with E-state index in [0.29, 0.717) is 37.4 Å². The number of rotatable bonds is 5. The minimum Gasteiger partial charge on any atom is -0.484 e. The van der Waals surface area contributed by atoms with Crippen LogP contribution in [0.25, 0.3) is 0 Å². The second kappa shape index (κ2) is 8.11. The Morgan fingerprint density at radius 2 is 2.00 bits per heavy atom. The Balaban J connectivity index is 1.46. The average Bonchev–Trinajstić information content (AvgIpc) is 2.72. The molecule has 29 heavy (non-hydrogen) atoms. The number of aryl methyl sites for hydroxylation is 1. The van der Waals surface area contributed by atoms with Crippen molar-refractivity contribution in [1.29, 1.82) is 0 Å². The van der Waals surface area contributed by atoms with Crippen LogP contribution in [0.3, 0.4) is 0 Å². The van der Waals surface area contributed by atoms with Crippen LogP contribution >= 0.6 is 0 Å². The number of amides is 2. The summed E-state index contributed by atoms with van der Waals surface area (Å²) >= 11 is 0. The first-order valence-electron chi connectivity index (χ1n) is 9.95. The third-order valence-electron chi connectivity index (χ3n) is 5.29. The van der Waals surface area contributed by atoms with Crippen LogP contribution in [0.1, 0.15) is 25.3 Å². The largest absolute Gasteiger partial charge is 0.484 e. The van der Waals surface area contributed by atoms with Crippen molar-refractivity contribution in [3.8, 4) is 5.75 Å². The molecule has 7 heteroatoms. The Hall–Kier alpha value is -3.09. The first-order chi connectivity index (χ1) is 14.0. The average molecular weight is 397 g/mol. The zero-order valence-electron chi connectivity index (χ0n) is 16.4. The second-order valence-electron chi connectivity index (χ2n) is 7.32. The van der Waals surface area contributed by atoms with Gasteiger partial charge in [-0.25, -0.2) is 4.39 Å². The predicted octanol–water partition coefficient (Wildman–Crippen LogP) is 3.35. The van der Waals surface area contributed by atoms with Crippen LogP contribution in [0, 0.1) is 5.82 Å². The first-order valence-corrected chi connectivity index (χ1v) is 9.95. The Morgan fingerprint density at radius 3 is 2.83 bits per heavy atom. The number of fused-ring (bicyclic) bond motifs is 2. The predicted molar refractivity (Wildman–Crippen MR) is 110 cm³/mol. The van der Waals surface area contributed by atoms with Gasteiger partial charge in [-0.15, -0.1) is 0 Å². The van der Waals surface area contributed by atoms with Gasteiger partial charge in [0.25, 0.3) is 5.91 Å². The number of nitrogens with one attached hydrogen (secondary N) is 1. The van der Waals surface area contributed by atoms with E-state index in [1.54, 1.807) is 23.1 Å². The summed E-state index contributed by atoms with van der Waals surface area (Å²) < 4.78 is 19.5. The number of anilines is 3. The van der Waals surface area contributed by atoms with Gasteiger partial charge in [-0.05, 0) is 54.8 Å². The van der Waals surface area contributed by atoms with Crippen LogP contribution in [0.4, 0.5) is 21.5 Å². The maximum atomic E-state index is 13.8. The summed E-state index contributed by atoms with van der Waals surface area (Å²) in [6.07, 6.45) is 2.06. The number of nitrogens with zero attached hydrogens (tertiary/aromatic N) is 2. The fourth-order valence-corrected chi connectivity index (χ4v) is 3.87. The van der Waals surface area contributed by atoms with Gasteiger partial charge < -0.3 is 19.9 Å². The number of hydrogen-bond donors (Lipinski definition) is 1. The molecule has 2 aromatic rings. The minimum atomic E-state index is -0.309. The molecule has 0 radical (unpaired) electrons. The zero-order chi connectivity index (χ0) is 20.4. The zero-order valence-corrected chi connectivity index (χ0v) is 16.4. The van der Waals surface area contributed by atoms with Crippen molar-refractivity contribution < 1.29 is 18.7 Å². The van der Waals surface area contributed by atoms with Gasteiger partial charge in [-0.3, -0.25) is 9.59 Å². The lowest BCUT2D eigenvalue weighted by atomic mass is 10.0. The van der Waals surface area contributed by atoms with Crippen LogP contribution < -0.4 is 19.9 Å². The van der Waals surface area contributed by atoms with E-state index in [9.17, 15) is 14.0 Å². The molecule has 4 rings (SSSR count). The molecular formula is C22H24FN3O3. The maximum Gasteiger partial charge on any atom is 0.265 e. The molecule has 2 heterocycles. The van der Waals surface area contributed by atoms with Crippen LogP contribution in [-0.2, 0) is 16.0 Å². The van der Waals surface area contributed by atoms with Crippen molar-refractivity contribution in [3.63, 3.8) is 0 Å². The van der Waals surface area contributed by atoms with Crippen LogP contribution in [0.5, 0.6) is 5.75 Å². The van der Waals surface area contributed by atoms with E-state index in [1.165, 1.54) is 12.1 Å². The lowest BCUT2D eigenvalue weighted by Gasteiger charge is -2.37. The molecule has 152 valence electrons. The molecule has 2 amide bonds. The molecule has 0 unspecified atom stereocenters. The highest BCUT2D eigenvalue weighted by molar-refractivity contribution is 5.99. The molecule has 0 saturated carbocycles. The molecule has 6 nitrogen and oxygen atoms in total. The van der Waals surface area contributed by atoms with Gasteiger partial charge in [0, 0.05) is 31.7 Å². The number of halogens is 1. The Labute approximate surface area is 169 Å². The topological polar surface area (TPSA) is 61.9 Å². The van der Waals surface area contributed by atoms with Gasteiger partial charge in [0.1, 0.15) is 11.6 Å². The van der Waals surface area contributed by atoms with Crippen molar-refractivity contribution in [3.05, 3.63) is 47.8 Å².